The summed E-state index contributed by atoms with van der Waals surface area (Å²) in [6, 6.07) is 6.02. The molecule has 3 rings (SSSR count). The molecular formula is C19H23N3O. The molecule has 0 bridgehead atoms. The smallest absolute Gasteiger partial charge is 0.144 e. The quantitative estimate of drug-likeness (QED) is 0.779. The standard InChI is InChI=1S/C19H23N3O/c1-4-5-7-14-10-13(2)16(21-14)11-18-19(23-3)12-17(22-18)15-8-6-9-20-15/h6,8-12,20,22H,4-5,7H2,1-3H3. The molecule has 120 valence electrons. The number of aliphatic imine (C=N–C) groups is 1. The summed E-state index contributed by atoms with van der Waals surface area (Å²) in [4.78, 5) is 11.4. The van der Waals surface area contributed by atoms with Crippen molar-refractivity contribution < 1.29 is 4.74 Å². The number of H-pyrrole nitrogens is 2. The molecule has 0 unspecified atom stereocenters. The van der Waals surface area contributed by atoms with E-state index in [4.69, 9.17) is 9.73 Å². The zero-order valence-electron chi connectivity index (χ0n) is 13.9. The maximum atomic E-state index is 5.50. The van der Waals surface area contributed by atoms with Gasteiger partial charge in [-0.3, -0.25) is 4.99 Å². The lowest BCUT2D eigenvalue weighted by Gasteiger charge is -1.99. The molecule has 0 aliphatic carbocycles. The van der Waals surface area contributed by atoms with Crippen molar-refractivity contribution >= 4 is 11.8 Å². The average Bonchev–Trinajstić information content (AvgIpc) is 3.26. The number of aromatic nitrogens is 2. The third-order valence-corrected chi connectivity index (χ3v) is 4.04. The first kappa shape index (κ1) is 15.4. The average molecular weight is 309 g/mol. The van der Waals surface area contributed by atoms with Crippen molar-refractivity contribution in [3.05, 3.63) is 47.4 Å². The van der Waals surface area contributed by atoms with E-state index in [9.17, 15) is 0 Å². The zero-order valence-corrected chi connectivity index (χ0v) is 13.9. The number of hydrogen-bond donors (Lipinski definition) is 2. The lowest BCUT2D eigenvalue weighted by Crippen LogP contribution is -1.89. The summed E-state index contributed by atoms with van der Waals surface area (Å²) in [6.45, 7) is 4.31. The molecule has 0 saturated heterocycles. The molecule has 2 aromatic heterocycles. The summed E-state index contributed by atoms with van der Waals surface area (Å²) in [5.74, 6) is 0.826. The lowest BCUT2D eigenvalue weighted by molar-refractivity contribution is 0.414. The van der Waals surface area contributed by atoms with E-state index in [1.807, 2.05) is 24.4 Å². The molecule has 23 heavy (non-hydrogen) atoms. The van der Waals surface area contributed by atoms with Crippen LogP contribution in [0.15, 0.2) is 46.7 Å². The highest BCUT2D eigenvalue weighted by atomic mass is 16.5. The maximum absolute atomic E-state index is 5.50. The summed E-state index contributed by atoms with van der Waals surface area (Å²) in [5.41, 5.74) is 6.38. The van der Waals surface area contributed by atoms with Crippen LogP contribution < -0.4 is 4.74 Å². The van der Waals surface area contributed by atoms with E-state index < -0.39 is 0 Å². The van der Waals surface area contributed by atoms with E-state index in [0.717, 1.165) is 34.9 Å². The highest BCUT2D eigenvalue weighted by molar-refractivity contribution is 6.00. The minimum absolute atomic E-state index is 0.826. The molecular weight excluding hydrogens is 286 g/mol. The van der Waals surface area contributed by atoms with Crippen molar-refractivity contribution in [2.75, 3.05) is 7.11 Å². The Morgan fingerprint density at radius 1 is 1.30 bits per heavy atom. The summed E-state index contributed by atoms with van der Waals surface area (Å²) in [5, 5.41) is 0. The van der Waals surface area contributed by atoms with Gasteiger partial charge in [0.05, 0.1) is 29.9 Å². The number of allylic oxidation sites excluding steroid dienone is 2. The van der Waals surface area contributed by atoms with Crippen molar-refractivity contribution in [3.8, 4) is 17.1 Å². The van der Waals surface area contributed by atoms with Crippen molar-refractivity contribution in [2.45, 2.75) is 33.1 Å². The van der Waals surface area contributed by atoms with Crippen LogP contribution in [0.5, 0.6) is 5.75 Å². The Morgan fingerprint density at radius 3 is 2.87 bits per heavy atom. The topological polar surface area (TPSA) is 53.2 Å². The lowest BCUT2D eigenvalue weighted by atomic mass is 10.1. The molecule has 4 heteroatoms. The predicted molar refractivity (Wildman–Crippen MR) is 95.8 cm³/mol. The van der Waals surface area contributed by atoms with Gasteiger partial charge in [0.2, 0.25) is 0 Å². The number of nitrogens with zero attached hydrogens (tertiary/aromatic N) is 1. The van der Waals surface area contributed by atoms with Gasteiger partial charge >= 0.3 is 0 Å². The van der Waals surface area contributed by atoms with Crippen LogP contribution in [0.2, 0.25) is 0 Å². The van der Waals surface area contributed by atoms with Crippen LogP contribution in [0.1, 0.15) is 38.8 Å². The fourth-order valence-electron chi connectivity index (χ4n) is 2.74. The van der Waals surface area contributed by atoms with Gasteiger partial charge in [0.1, 0.15) is 5.75 Å². The third-order valence-electron chi connectivity index (χ3n) is 4.04. The minimum Gasteiger partial charge on any atom is -0.494 e. The van der Waals surface area contributed by atoms with Gasteiger partial charge in [-0.15, -0.1) is 0 Å². The molecule has 0 amide bonds. The molecule has 0 aromatic carbocycles. The largest absolute Gasteiger partial charge is 0.494 e. The van der Waals surface area contributed by atoms with Gasteiger partial charge in [0.25, 0.3) is 0 Å². The van der Waals surface area contributed by atoms with Crippen LogP contribution >= 0.6 is 0 Å². The number of nitrogens with one attached hydrogen (secondary N) is 2. The van der Waals surface area contributed by atoms with Gasteiger partial charge < -0.3 is 14.7 Å². The molecule has 0 radical (unpaired) electrons. The molecule has 1 aliphatic rings. The van der Waals surface area contributed by atoms with E-state index in [1.54, 1.807) is 7.11 Å². The normalized spacial score (nSPS) is 15.9. The van der Waals surface area contributed by atoms with E-state index in [2.05, 4.69) is 36.0 Å². The minimum atomic E-state index is 0.826. The van der Waals surface area contributed by atoms with Crippen molar-refractivity contribution in [1.82, 2.24) is 9.97 Å². The zero-order chi connectivity index (χ0) is 16.2. The van der Waals surface area contributed by atoms with E-state index in [-0.39, 0.29) is 0 Å². The van der Waals surface area contributed by atoms with Crippen molar-refractivity contribution in [1.29, 1.82) is 0 Å². The van der Waals surface area contributed by atoms with Crippen LogP contribution in [-0.4, -0.2) is 22.8 Å². The monoisotopic (exact) mass is 309 g/mol. The third kappa shape index (κ3) is 3.31. The second-order valence-corrected chi connectivity index (χ2v) is 5.81. The summed E-state index contributed by atoms with van der Waals surface area (Å²) < 4.78 is 5.50. The van der Waals surface area contributed by atoms with Gasteiger partial charge in [-0.1, -0.05) is 13.3 Å². The van der Waals surface area contributed by atoms with Crippen LogP contribution in [0, 0.1) is 0 Å². The molecule has 0 spiro atoms. The highest BCUT2D eigenvalue weighted by Crippen LogP contribution is 2.30. The Hall–Kier alpha value is -2.49. The Kier molecular flexibility index (Phi) is 4.51. The summed E-state index contributed by atoms with van der Waals surface area (Å²) in [7, 11) is 1.69. The first-order valence-electron chi connectivity index (χ1n) is 8.10. The van der Waals surface area contributed by atoms with Gasteiger partial charge in [0.15, 0.2) is 0 Å². The number of aromatic amines is 2. The van der Waals surface area contributed by atoms with Gasteiger partial charge in [-0.25, -0.2) is 0 Å². The fraction of sp³-hybridized carbons (Fsp3) is 0.316. The molecule has 3 heterocycles. The Labute approximate surface area is 137 Å². The second kappa shape index (κ2) is 6.73. The van der Waals surface area contributed by atoms with E-state index >= 15 is 0 Å². The summed E-state index contributed by atoms with van der Waals surface area (Å²) in [6.07, 6.45) is 9.57. The first-order chi connectivity index (χ1) is 11.2. The summed E-state index contributed by atoms with van der Waals surface area (Å²) >= 11 is 0. The maximum Gasteiger partial charge on any atom is 0.144 e. The molecule has 0 atom stereocenters. The van der Waals surface area contributed by atoms with Gasteiger partial charge in [-0.05, 0) is 49.6 Å². The predicted octanol–water partition coefficient (Wildman–Crippen LogP) is 4.95. The van der Waals surface area contributed by atoms with Crippen molar-refractivity contribution in [3.63, 3.8) is 0 Å². The molecule has 1 aliphatic heterocycles. The van der Waals surface area contributed by atoms with Crippen LogP contribution in [0.4, 0.5) is 0 Å². The fourth-order valence-corrected chi connectivity index (χ4v) is 2.74. The van der Waals surface area contributed by atoms with Crippen molar-refractivity contribution in [2.24, 2.45) is 4.99 Å². The Bertz CT molecular complexity index is 761. The Balaban J connectivity index is 1.90. The van der Waals surface area contributed by atoms with Gasteiger partial charge in [-0.2, -0.15) is 0 Å². The van der Waals surface area contributed by atoms with Crippen LogP contribution in [-0.2, 0) is 0 Å². The Morgan fingerprint density at radius 2 is 2.17 bits per heavy atom. The van der Waals surface area contributed by atoms with Gasteiger partial charge in [0, 0.05) is 18.0 Å². The number of methoxy groups -OCH3 is 1. The van der Waals surface area contributed by atoms with Crippen LogP contribution in [0.25, 0.3) is 17.5 Å². The molecule has 4 nitrogen and oxygen atoms in total. The SMILES string of the molecule is CCCCC1=NC(=Cc2[nH]c(-c3ccc[nH]3)cc2OC)C(C)=C1. The van der Waals surface area contributed by atoms with Crippen LogP contribution in [0.3, 0.4) is 0 Å². The number of unbranched alkanes of at least 4 members (excludes halogenated alkanes) is 1. The first-order valence-corrected chi connectivity index (χ1v) is 8.10. The van der Waals surface area contributed by atoms with E-state index in [0.29, 0.717) is 0 Å². The second-order valence-electron chi connectivity index (χ2n) is 5.81. The highest BCUT2D eigenvalue weighted by Gasteiger charge is 2.14. The molecule has 2 N–H and O–H groups in total. The molecule has 2 aromatic rings. The molecule has 0 saturated carbocycles. The number of rotatable bonds is 6. The number of hydrogen-bond acceptors (Lipinski definition) is 2. The molecule has 0 fully saturated rings. The van der Waals surface area contributed by atoms with E-state index in [1.165, 1.54) is 24.1 Å². The number of ether oxygens (including phenoxy) is 1.